The molecular weight excluding hydrogens is 236 g/mol. The van der Waals surface area contributed by atoms with Crippen LogP contribution in [-0.2, 0) is 0 Å². The van der Waals surface area contributed by atoms with Crippen LogP contribution in [0.5, 0.6) is 5.88 Å². The predicted molar refractivity (Wildman–Crippen MR) is 70.9 cm³/mol. The van der Waals surface area contributed by atoms with E-state index in [2.05, 4.69) is 10.3 Å². The smallest absolute Gasteiger partial charge is 0.214 e. The molecule has 1 heterocycles. The highest BCUT2D eigenvalue weighted by Crippen LogP contribution is 2.25. The van der Waals surface area contributed by atoms with Gasteiger partial charge in [0.05, 0.1) is 12.5 Å². The maximum absolute atomic E-state index is 6.39. The molecule has 1 aliphatic rings. The average Bonchev–Trinajstić information content (AvgIpc) is 2.55. The first-order chi connectivity index (χ1) is 8.29. The SMILES string of the molecule is COc1cccc(NC2CCCCCC2Cl)n1. The Kier molecular flexibility index (Phi) is 4.49. The van der Waals surface area contributed by atoms with E-state index in [4.69, 9.17) is 16.3 Å². The Bertz CT molecular complexity index is 359. The molecule has 1 saturated carbocycles. The number of anilines is 1. The van der Waals surface area contributed by atoms with E-state index < -0.39 is 0 Å². The fourth-order valence-electron chi connectivity index (χ4n) is 2.22. The van der Waals surface area contributed by atoms with Gasteiger partial charge in [-0.3, -0.25) is 0 Å². The van der Waals surface area contributed by atoms with Crippen molar-refractivity contribution < 1.29 is 4.74 Å². The minimum atomic E-state index is 0.200. The van der Waals surface area contributed by atoms with Gasteiger partial charge in [0.1, 0.15) is 5.82 Å². The zero-order chi connectivity index (χ0) is 12.1. The van der Waals surface area contributed by atoms with Gasteiger partial charge in [-0.25, -0.2) is 0 Å². The number of alkyl halides is 1. The second-order valence-electron chi connectivity index (χ2n) is 4.47. The van der Waals surface area contributed by atoms with E-state index >= 15 is 0 Å². The molecule has 94 valence electrons. The molecule has 1 N–H and O–H groups in total. The average molecular weight is 255 g/mol. The van der Waals surface area contributed by atoms with Crippen LogP contribution >= 0.6 is 11.6 Å². The summed E-state index contributed by atoms with van der Waals surface area (Å²) >= 11 is 6.39. The summed E-state index contributed by atoms with van der Waals surface area (Å²) in [6, 6.07) is 6.06. The predicted octanol–water partition coefficient (Wildman–Crippen LogP) is 3.44. The number of aromatic nitrogens is 1. The third-order valence-corrected chi connectivity index (χ3v) is 3.72. The maximum atomic E-state index is 6.39. The molecule has 1 aromatic heterocycles. The van der Waals surface area contributed by atoms with Crippen LogP contribution in [0, 0.1) is 0 Å². The Morgan fingerprint density at radius 1 is 1.29 bits per heavy atom. The highest BCUT2D eigenvalue weighted by atomic mass is 35.5. The quantitative estimate of drug-likeness (QED) is 0.663. The number of pyridine rings is 1. The number of nitrogens with one attached hydrogen (secondary N) is 1. The van der Waals surface area contributed by atoms with Gasteiger partial charge in [-0.1, -0.05) is 25.3 Å². The number of methoxy groups -OCH3 is 1. The van der Waals surface area contributed by atoms with Crippen LogP contribution in [0.3, 0.4) is 0 Å². The topological polar surface area (TPSA) is 34.1 Å². The van der Waals surface area contributed by atoms with E-state index in [1.807, 2.05) is 18.2 Å². The number of rotatable bonds is 3. The second kappa shape index (κ2) is 6.10. The zero-order valence-corrected chi connectivity index (χ0v) is 10.9. The lowest BCUT2D eigenvalue weighted by Crippen LogP contribution is -2.29. The van der Waals surface area contributed by atoms with Crippen molar-refractivity contribution in [3.63, 3.8) is 0 Å². The summed E-state index contributed by atoms with van der Waals surface area (Å²) in [6.07, 6.45) is 5.96. The van der Waals surface area contributed by atoms with Crippen LogP contribution in [0.2, 0.25) is 0 Å². The first-order valence-corrected chi connectivity index (χ1v) is 6.65. The van der Waals surface area contributed by atoms with Crippen molar-refractivity contribution in [1.29, 1.82) is 0 Å². The molecule has 1 fully saturated rings. The van der Waals surface area contributed by atoms with Crippen molar-refractivity contribution in [2.45, 2.75) is 43.5 Å². The largest absolute Gasteiger partial charge is 0.481 e. The van der Waals surface area contributed by atoms with Gasteiger partial charge in [0.15, 0.2) is 0 Å². The van der Waals surface area contributed by atoms with Crippen LogP contribution in [0.15, 0.2) is 18.2 Å². The monoisotopic (exact) mass is 254 g/mol. The van der Waals surface area contributed by atoms with Crippen LogP contribution in [0.4, 0.5) is 5.82 Å². The lowest BCUT2D eigenvalue weighted by Gasteiger charge is -2.21. The van der Waals surface area contributed by atoms with Crippen molar-refractivity contribution in [2.75, 3.05) is 12.4 Å². The lowest BCUT2D eigenvalue weighted by molar-refractivity contribution is 0.398. The molecule has 0 aromatic carbocycles. The van der Waals surface area contributed by atoms with Gasteiger partial charge in [-0.2, -0.15) is 4.98 Å². The van der Waals surface area contributed by atoms with Gasteiger partial charge in [-0.15, -0.1) is 11.6 Å². The standard InChI is InChI=1S/C13H19ClN2O/c1-17-13-9-5-8-12(16-13)15-11-7-4-2-3-6-10(11)14/h5,8-11H,2-4,6-7H2,1H3,(H,15,16). The number of halogens is 1. The van der Waals surface area contributed by atoms with Gasteiger partial charge >= 0.3 is 0 Å². The summed E-state index contributed by atoms with van der Waals surface area (Å²) in [5, 5.41) is 3.62. The molecule has 2 atom stereocenters. The molecule has 0 bridgehead atoms. The zero-order valence-electron chi connectivity index (χ0n) is 10.2. The van der Waals surface area contributed by atoms with Gasteiger partial charge in [-0.05, 0) is 18.9 Å². The Balaban J connectivity index is 2.02. The van der Waals surface area contributed by atoms with E-state index in [0.717, 1.165) is 18.7 Å². The molecule has 1 aliphatic carbocycles. The third kappa shape index (κ3) is 3.50. The van der Waals surface area contributed by atoms with Crippen molar-refractivity contribution in [3.05, 3.63) is 18.2 Å². The summed E-state index contributed by atoms with van der Waals surface area (Å²) < 4.78 is 5.11. The van der Waals surface area contributed by atoms with Crippen LogP contribution in [0.1, 0.15) is 32.1 Å². The van der Waals surface area contributed by atoms with Crippen molar-refractivity contribution in [1.82, 2.24) is 4.98 Å². The first kappa shape index (κ1) is 12.5. The summed E-state index contributed by atoms with van der Waals surface area (Å²) in [6.45, 7) is 0. The fourth-order valence-corrected chi connectivity index (χ4v) is 2.57. The molecule has 3 nitrogen and oxygen atoms in total. The molecule has 1 aromatic rings. The summed E-state index contributed by atoms with van der Waals surface area (Å²) in [4.78, 5) is 4.36. The molecule has 17 heavy (non-hydrogen) atoms. The fraction of sp³-hybridized carbons (Fsp3) is 0.615. The molecule has 0 aliphatic heterocycles. The molecular formula is C13H19ClN2O. The van der Waals surface area contributed by atoms with E-state index in [0.29, 0.717) is 11.9 Å². The third-order valence-electron chi connectivity index (χ3n) is 3.20. The Morgan fingerprint density at radius 3 is 2.94 bits per heavy atom. The van der Waals surface area contributed by atoms with Gasteiger partial charge in [0, 0.05) is 12.1 Å². The lowest BCUT2D eigenvalue weighted by atomic mass is 10.1. The first-order valence-electron chi connectivity index (χ1n) is 6.21. The van der Waals surface area contributed by atoms with E-state index in [1.54, 1.807) is 7.11 Å². The normalized spacial score (nSPS) is 25.1. The van der Waals surface area contributed by atoms with Crippen molar-refractivity contribution in [2.24, 2.45) is 0 Å². The van der Waals surface area contributed by atoms with Gasteiger partial charge < -0.3 is 10.1 Å². The summed E-state index contributed by atoms with van der Waals surface area (Å²) in [5.41, 5.74) is 0. The molecule has 2 rings (SSSR count). The minimum absolute atomic E-state index is 0.200. The Hall–Kier alpha value is -0.960. The minimum Gasteiger partial charge on any atom is -0.481 e. The summed E-state index contributed by atoms with van der Waals surface area (Å²) in [5.74, 6) is 1.48. The number of ether oxygens (including phenoxy) is 1. The van der Waals surface area contributed by atoms with E-state index in [-0.39, 0.29) is 5.38 Å². The highest BCUT2D eigenvalue weighted by Gasteiger charge is 2.21. The van der Waals surface area contributed by atoms with Gasteiger partial charge in [0.2, 0.25) is 5.88 Å². The Labute approximate surface area is 108 Å². The molecule has 0 spiro atoms. The number of hydrogen-bond donors (Lipinski definition) is 1. The van der Waals surface area contributed by atoms with E-state index in [9.17, 15) is 0 Å². The van der Waals surface area contributed by atoms with Crippen molar-refractivity contribution >= 4 is 17.4 Å². The van der Waals surface area contributed by atoms with Crippen LogP contribution < -0.4 is 10.1 Å². The van der Waals surface area contributed by atoms with Gasteiger partial charge in [0.25, 0.3) is 0 Å². The van der Waals surface area contributed by atoms with E-state index in [1.165, 1.54) is 19.3 Å². The second-order valence-corrected chi connectivity index (χ2v) is 5.03. The number of hydrogen-bond acceptors (Lipinski definition) is 3. The Morgan fingerprint density at radius 2 is 2.12 bits per heavy atom. The molecule has 0 radical (unpaired) electrons. The molecule has 0 amide bonds. The van der Waals surface area contributed by atoms with Crippen molar-refractivity contribution in [3.8, 4) is 5.88 Å². The molecule has 0 saturated heterocycles. The highest BCUT2D eigenvalue weighted by molar-refractivity contribution is 6.21. The van der Waals surface area contributed by atoms with Crippen LogP contribution in [-0.4, -0.2) is 23.5 Å². The summed E-state index contributed by atoms with van der Waals surface area (Å²) in [7, 11) is 1.63. The molecule has 2 unspecified atom stereocenters. The maximum Gasteiger partial charge on any atom is 0.214 e. The number of nitrogens with zero attached hydrogens (tertiary/aromatic N) is 1. The van der Waals surface area contributed by atoms with Crippen LogP contribution in [0.25, 0.3) is 0 Å². The molecule has 4 heteroatoms.